The topological polar surface area (TPSA) is 71.1 Å². The predicted molar refractivity (Wildman–Crippen MR) is 95.2 cm³/mol. The molecule has 0 amide bonds. The van der Waals surface area contributed by atoms with E-state index >= 15 is 0 Å². The molecule has 126 valence electrons. The molecular formula is C16H22ClN3O2S. The first-order valence-corrected chi connectivity index (χ1v) is 9.30. The Morgan fingerprint density at radius 1 is 1.26 bits per heavy atom. The molecule has 1 aromatic heterocycles. The van der Waals surface area contributed by atoms with Gasteiger partial charge >= 0.3 is 0 Å². The smallest absolute Gasteiger partial charge is 0.215 e. The Hall–Kier alpha value is -1.21. The molecule has 2 heterocycles. The van der Waals surface area contributed by atoms with Gasteiger partial charge in [0, 0.05) is 18.1 Å². The molecule has 3 rings (SSSR count). The Balaban J connectivity index is 0.00000192. The average molecular weight is 356 g/mol. The van der Waals surface area contributed by atoms with Gasteiger partial charge < -0.3 is 5.32 Å². The summed E-state index contributed by atoms with van der Waals surface area (Å²) in [5, 5.41) is 4.26. The van der Waals surface area contributed by atoms with Crippen LogP contribution < -0.4 is 10.0 Å². The molecule has 23 heavy (non-hydrogen) atoms. The van der Waals surface area contributed by atoms with Crippen molar-refractivity contribution in [3.8, 4) is 0 Å². The lowest BCUT2D eigenvalue weighted by Crippen LogP contribution is -2.38. The van der Waals surface area contributed by atoms with Crippen LogP contribution in [-0.4, -0.2) is 33.0 Å². The molecule has 2 aromatic rings. The van der Waals surface area contributed by atoms with E-state index in [1.54, 1.807) is 6.20 Å². The van der Waals surface area contributed by atoms with Crippen LogP contribution in [0.5, 0.6) is 0 Å². The van der Waals surface area contributed by atoms with E-state index in [-0.39, 0.29) is 18.2 Å². The lowest BCUT2D eigenvalue weighted by molar-refractivity contribution is 0.376. The first-order valence-electron chi connectivity index (χ1n) is 7.65. The van der Waals surface area contributed by atoms with E-state index in [2.05, 4.69) is 15.0 Å². The van der Waals surface area contributed by atoms with Crippen molar-refractivity contribution in [2.75, 3.05) is 19.6 Å². The van der Waals surface area contributed by atoms with Gasteiger partial charge in [-0.25, -0.2) is 13.1 Å². The Labute approximate surface area is 143 Å². The van der Waals surface area contributed by atoms with E-state index in [4.69, 9.17) is 0 Å². The highest BCUT2D eigenvalue weighted by molar-refractivity contribution is 7.88. The number of sulfonamides is 1. The van der Waals surface area contributed by atoms with Gasteiger partial charge in [0.1, 0.15) is 0 Å². The van der Waals surface area contributed by atoms with Crippen LogP contribution in [0.4, 0.5) is 0 Å². The normalized spacial score (nSPS) is 18.5. The third-order valence-electron chi connectivity index (χ3n) is 4.05. The SMILES string of the molecule is Cl.O=S(=O)(Cc1cccc2cccnc12)NCC1CCCNC1. The zero-order chi connectivity index (χ0) is 15.4. The molecular weight excluding hydrogens is 334 g/mol. The maximum atomic E-state index is 12.3. The molecule has 1 unspecified atom stereocenters. The van der Waals surface area contributed by atoms with Crippen molar-refractivity contribution < 1.29 is 8.42 Å². The summed E-state index contributed by atoms with van der Waals surface area (Å²) < 4.78 is 27.4. The number of aromatic nitrogens is 1. The number of halogens is 1. The molecule has 1 aliphatic heterocycles. The third kappa shape index (κ3) is 4.88. The summed E-state index contributed by atoms with van der Waals surface area (Å²) in [6, 6.07) is 9.45. The fraction of sp³-hybridized carbons (Fsp3) is 0.438. The van der Waals surface area contributed by atoms with Gasteiger partial charge in [0.25, 0.3) is 0 Å². The summed E-state index contributed by atoms with van der Waals surface area (Å²) in [6.45, 7) is 2.43. The number of fused-ring (bicyclic) bond motifs is 1. The number of benzene rings is 1. The lowest BCUT2D eigenvalue weighted by Gasteiger charge is -2.22. The molecule has 5 nitrogen and oxygen atoms in total. The number of rotatable bonds is 5. The molecule has 1 atom stereocenters. The summed E-state index contributed by atoms with van der Waals surface area (Å²) in [5.41, 5.74) is 1.50. The summed E-state index contributed by atoms with van der Waals surface area (Å²) >= 11 is 0. The summed E-state index contributed by atoms with van der Waals surface area (Å²) in [4.78, 5) is 4.31. The van der Waals surface area contributed by atoms with Crippen molar-refractivity contribution in [3.05, 3.63) is 42.1 Å². The van der Waals surface area contributed by atoms with Crippen LogP contribution in [0.3, 0.4) is 0 Å². The molecule has 0 spiro atoms. The van der Waals surface area contributed by atoms with Crippen molar-refractivity contribution >= 4 is 33.3 Å². The first-order chi connectivity index (χ1) is 10.6. The number of hydrogen-bond acceptors (Lipinski definition) is 4. The van der Waals surface area contributed by atoms with Crippen LogP contribution in [-0.2, 0) is 15.8 Å². The second kappa shape index (κ2) is 8.06. The number of nitrogens with zero attached hydrogens (tertiary/aromatic N) is 1. The fourth-order valence-corrected chi connectivity index (χ4v) is 4.12. The minimum absolute atomic E-state index is 0. The molecule has 1 aliphatic rings. The highest BCUT2D eigenvalue weighted by atomic mass is 35.5. The van der Waals surface area contributed by atoms with Crippen LogP contribution in [0.15, 0.2) is 36.5 Å². The number of nitrogens with one attached hydrogen (secondary N) is 2. The second-order valence-electron chi connectivity index (χ2n) is 5.81. The van der Waals surface area contributed by atoms with Gasteiger partial charge in [-0.2, -0.15) is 0 Å². The van der Waals surface area contributed by atoms with Crippen molar-refractivity contribution in [1.29, 1.82) is 0 Å². The summed E-state index contributed by atoms with van der Waals surface area (Å²) in [6.07, 6.45) is 3.88. The highest BCUT2D eigenvalue weighted by Gasteiger charge is 2.18. The van der Waals surface area contributed by atoms with Crippen molar-refractivity contribution in [2.24, 2.45) is 5.92 Å². The molecule has 1 aromatic carbocycles. The van der Waals surface area contributed by atoms with Crippen LogP contribution in [0.25, 0.3) is 10.9 Å². The maximum absolute atomic E-state index is 12.3. The minimum atomic E-state index is -3.34. The Kier molecular flexibility index (Phi) is 6.35. The lowest BCUT2D eigenvalue weighted by atomic mass is 10.0. The van der Waals surface area contributed by atoms with Gasteiger partial charge in [0.15, 0.2) is 0 Å². The molecule has 7 heteroatoms. The molecule has 1 saturated heterocycles. The largest absolute Gasteiger partial charge is 0.316 e. The van der Waals surface area contributed by atoms with E-state index in [1.165, 1.54) is 0 Å². The van der Waals surface area contributed by atoms with Gasteiger partial charge in [-0.3, -0.25) is 4.98 Å². The van der Waals surface area contributed by atoms with Crippen LogP contribution in [0.2, 0.25) is 0 Å². The van der Waals surface area contributed by atoms with E-state index in [9.17, 15) is 8.42 Å². The minimum Gasteiger partial charge on any atom is -0.316 e. The summed E-state index contributed by atoms with van der Waals surface area (Å²) in [5.74, 6) is 0.357. The average Bonchev–Trinajstić information content (AvgIpc) is 2.54. The van der Waals surface area contributed by atoms with E-state index in [1.807, 2.05) is 30.3 Å². The zero-order valence-corrected chi connectivity index (χ0v) is 14.5. The second-order valence-corrected chi connectivity index (χ2v) is 7.62. The molecule has 0 bridgehead atoms. The van der Waals surface area contributed by atoms with Gasteiger partial charge in [-0.05, 0) is 43.5 Å². The van der Waals surface area contributed by atoms with E-state index < -0.39 is 10.0 Å². The number of para-hydroxylation sites is 1. The zero-order valence-electron chi connectivity index (χ0n) is 12.9. The van der Waals surface area contributed by atoms with Crippen molar-refractivity contribution in [1.82, 2.24) is 15.0 Å². The van der Waals surface area contributed by atoms with Gasteiger partial charge in [0.2, 0.25) is 10.0 Å². The highest BCUT2D eigenvalue weighted by Crippen LogP contribution is 2.18. The molecule has 0 saturated carbocycles. The van der Waals surface area contributed by atoms with Gasteiger partial charge in [-0.15, -0.1) is 12.4 Å². The Bertz CT molecular complexity index is 741. The monoisotopic (exact) mass is 355 g/mol. The Morgan fingerprint density at radius 3 is 2.87 bits per heavy atom. The number of piperidine rings is 1. The van der Waals surface area contributed by atoms with Crippen LogP contribution in [0, 0.1) is 5.92 Å². The fourth-order valence-electron chi connectivity index (χ4n) is 2.88. The van der Waals surface area contributed by atoms with Gasteiger partial charge in [0.05, 0.1) is 11.3 Å². The standard InChI is InChI=1S/C16H21N3O2S.ClH/c20-22(21,19-11-13-4-2-8-17-10-13)12-15-6-1-5-14-7-3-9-18-16(14)15;/h1,3,5-7,9,13,17,19H,2,4,8,10-12H2;1H. The van der Waals surface area contributed by atoms with E-state index in [0.29, 0.717) is 12.5 Å². The van der Waals surface area contributed by atoms with Crippen molar-refractivity contribution in [3.63, 3.8) is 0 Å². The molecule has 1 fully saturated rings. The quantitative estimate of drug-likeness (QED) is 0.861. The van der Waals surface area contributed by atoms with Crippen LogP contribution in [0.1, 0.15) is 18.4 Å². The van der Waals surface area contributed by atoms with Gasteiger partial charge in [-0.1, -0.05) is 24.3 Å². The summed E-state index contributed by atoms with van der Waals surface area (Å²) in [7, 11) is -3.34. The first kappa shape index (κ1) is 18.1. The van der Waals surface area contributed by atoms with Crippen LogP contribution >= 0.6 is 12.4 Å². The molecule has 2 N–H and O–H groups in total. The predicted octanol–water partition coefficient (Wildman–Crippen LogP) is 2.08. The molecule has 0 aliphatic carbocycles. The Morgan fingerprint density at radius 2 is 2.09 bits per heavy atom. The third-order valence-corrected chi connectivity index (χ3v) is 5.35. The number of pyridine rings is 1. The number of hydrogen-bond donors (Lipinski definition) is 2. The maximum Gasteiger partial charge on any atom is 0.215 e. The molecule has 0 radical (unpaired) electrons. The van der Waals surface area contributed by atoms with Crippen molar-refractivity contribution in [2.45, 2.75) is 18.6 Å². The van der Waals surface area contributed by atoms with E-state index in [0.717, 1.165) is 42.4 Å².